The molecule has 2 aromatic carbocycles. The molecule has 0 radical (unpaired) electrons. The number of carbonyl (C=O) groups excluding carboxylic acids is 1. The number of anilines is 1. The van der Waals surface area contributed by atoms with Gasteiger partial charge in [0.1, 0.15) is 0 Å². The number of ether oxygens (including phenoxy) is 3. The number of hydrogen-bond acceptors (Lipinski definition) is 6. The van der Waals surface area contributed by atoms with Crippen LogP contribution in [0.2, 0.25) is 0 Å². The largest absolute Gasteiger partial charge is 0.490 e. The highest BCUT2D eigenvalue weighted by atomic mass is 79.9. The van der Waals surface area contributed by atoms with Gasteiger partial charge in [0.05, 0.1) is 25.1 Å². The van der Waals surface area contributed by atoms with Crippen LogP contribution >= 0.6 is 15.9 Å². The third-order valence-electron chi connectivity index (χ3n) is 3.15. The van der Waals surface area contributed by atoms with Crippen LogP contribution in [-0.2, 0) is 9.53 Å². The van der Waals surface area contributed by atoms with E-state index in [-0.39, 0.29) is 6.61 Å². The van der Waals surface area contributed by atoms with Gasteiger partial charge < -0.3 is 14.2 Å². The van der Waals surface area contributed by atoms with Crippen LogP contribution in [0.1, 0.15) is 19.4 Å². The van der Waals surface area contributed by atoms with Crippen LogP contribution in [0.3, 0.4) is 0 Å². The summed E-state index contributed by atoms with van der Waals surface area (Å²) in [5.74, 6) is 0.610. The van der Waals surface area contributed by atoms with Gasteiger partial charge in [-0.1, -0.05) is 22.0 Å². The average molecular weight is 421 g/mol. The van der Waals surface area contributed by atoms with Crippen molar-refractivity contribution >= 4 is 33.8 Å². The Labute approximate surface area is 161 Å². The Morgan fingerprint density at radius 2 is 1.96 bits per heavy atom. The zero-order chi connectivity index (χ0) is 18.8. The van der Waals surface area contributed by atoms with E-state index in [0.29, 0.717) is 24.7 Å². The summed E-state index contributed by atoms with van der Waals surface area (Å²) < 4.78 is 16.9. The van der Waals surface area contributed by atoms with E-state index in [9.17, 15) is 4.79 Å². The van der Waals surface area contributed by atoms with Crippen LogP contribution in [0.15, 0.2) is 52.0 Å². The molecular weight excluding hydrogens is 400 g/mol. The molecule has 0 unspecified atom stereocenters. The lowest BCUT2D eigenvalue weighted by atomic mass is 10.2. The van der Waals surface area contributed by atoms with E-state index in [1.165, 1.54) is 0 Å². The van der Waals surface area contributed by atoms with Gasteiger partial charge in [-0.3, -0.25) is 5.43 Å². The minimum absolute atomic E-state index is 0.161. The molecule has 0 saturated heterocycles. The van der Waals surface area contributed by atoms with Crippen LogP contribution in [0, 0.1) is 0 Å². The molecule has 0 bridgehead atoms. The van der Waals surface area contributed by atoms with E-state index in [0.717, 1.165) is 15.7 Å². The Morgan fingerprint density at radius 3 is 2.69 bits per heavy atom. The van der Waals surface area contributed by atoms with Crippen LogP contribution in [0.4, 0.5) is 5.69 Å². The van der Waals surface area contributed by atoms with E-state index in [4.69, 9.17) is 14.2 Å². The Kier molecular flexibility index (Phi) is 7.95. The summed E-state index contributed by atoms with van der Waals surface area (Å²) in [5, 5.41) is 4.22. The first kappa shape index (κ1) is 19.8. The smallest absolute Gasteiger partial charge is 0.344 e. The monoisotopic (exact) mass is 420 g/mol. The number of rotatable bonds is 9. The molecule has 0 heterocycles. The Bertz CT molecular complexity index is 765. The Morgan fingerprint density at radius 1 is 1.12 bits per heavy atom. The van der Waals surface area contributed by atoms with Gasteiger partial charge in [0.2, 0.25) is 0 Å². The first-order valence-electron chi connectivity index (χ1n) is 8.22. The predicted molar refractivity (Wildman–Crippen MR) is 105 cm³/mol. The van der Waals surface area contributed by atoms with Crippen LogP contribution < -0.4 is 14.9 Å². The Hall–Kier alpha value is -2.54. The molecule has 0 spiro atoms. The maximum absolute atomic E-state index is 11.4. The molecule has 138 valence electrons. The van der Waals surface area contributed by atoms with Crippen LogP contribution in [-0.4, -0.2) is 32.0 Å². The maximum atomic E-state index is 11.4. The molecule has 2 rings (SSSR count). The summed E-state index contributed by atoms with van der Waals surface area (Å²) >= 11 is 3.41. The molecule has 6 nitrogen and oxygen atoms in total. The number of nitrogens with one attached hydrogen (secondary N) is 1. The second-order valence-electron chi connectivity index (χ2n) is 5.11. The molecule has 0 fully saturated rings. The van der Waals surface area contributed by atoms with Gasteiger partial charge in [-0.15, -0.1) is 0 Å². The second-order valence-corrected chi connectivity index (χ2v) is 6.03. The zero-order valence-corrected chi connectivity index (χ0v) is 16.3. The van der Waals surface area contributed by atoms with E-state index in [1.54, 1.807) is 25.3 Å². The third kappa shape index (κ3) is 6.40. The fraction of sp³-hybridized carbons (Fsp3) is 0.263. The fourth-order valence-corrected chi connectivity index (χ4v) is 2.47. The van der Waals surface area contributed by atoms with Crippen molar-refractivity contribution in [1.29, 1.82) is 0 Å². The molecule has 1 N–H and O–H groups in total. The highest BCUT2D eigenvalue weighted by molar-refractivity contribution is 9.10. The van der Waals surface area contributed by atoms with Crippen molar-refractivity contribution in [3.05, 3.63) is 52.5 Å². The standard InChI is InChI=1S/C19H21BrN2O4/c1-3-24-18-10-14(8-9-17(18)26-13-19(23)25-4-2)12-21-22-16-7-5-6-15(20)11-16/h5-12,22H,3-4,13H2,1-2H3/b21-12+. The van der Waals surface area contributed by atoms with Crippen molar-refractivity contribution in [3.8, 4) is 11.5 Å². The maximum Gasteiger partial charge on any atom is 0.344 e. The lowest BCUT2D eigenvalue weighted by molar-refractivity contribution is -0.145. The number of halogens is 1. The number of benzene rings is 2. The molecule has 26 heavy (non-hydrogen) atoms. The van der Waals surface area contributed by atoms with Crippen LogP contribution in [0.25, 0.3) is 0 Å². The van der Waals surface area contributed by atoms with Gasteiger partial charge in [0, 0.05) is 4.47 Å². The van der Waals surface area contributed by atoms with E-state index >= 15 is 0 Å². The third-order valence-corrected chi connectivity index (χ3v) is 3.64. The predicted octanol–water partition coefficient (Wildman–Crippen LogP) is 4.24. The topological polar surface area (TPSA) is 69.2 Å². The second kappa shape index (κ2) is 10.5. The molecule has 0 amide bonds. The Balaban J connectivity index is 2.04. The zero-order valence-electron chi connectivity index (χ0n) is 14.7. The van der Waals surface area contributed by atoms with Gasteiger partial charge in [-0.2, -0.15) is 5.10 Å². The summed E-state index contributed by atoms with van der Waals surface area (Å²) in [6.45, 7) is 4.27. The van der Waals surface area contributed by atoms with Crippen molar-refractivity contribution in [3.63, 3.8) is 0 Å². The van der Waals surface area contributed by atoms with Crippen LogP contribution in [0.5, 0.6) is 11.5 Å². The summed E-state index contributed by atoms with van der Waals surface area (Å²) in [6, 6.07) is 13.1. The van der Waals surface area contributed by atoms with E-state index < -0.39 is 5.97 Å². The first-order chi connectivity index (χ1) is 12.6. The molecule has 0 aliphatic carbocycles. The molecule has 0 atom stereocenters. The summed E-state index contributed by atoms with van der Waals surface area (Å²) in [6.07, 6.45) is 1.68. The van der Waals surface area contributed by atoms with E-state index in [1.807, 2.05) is 37.3 Å². The minimum Gasteiger partial charge on any atom is -0.490 e. The number of nitrogens with zero attached hydrogens (tertiary/aromatic N) is 1. The quantitative estimate of drug-likeness (QED) is 0.373. The van der Waals surface area contributed by atoms with Gasteiger partial charge in [-0.25, -0.2) is 4.79 Å². The average Bonchev–Trinajstić information content (AvgIpc) is 2.62. The molecular formula is C19H21BrN2O4. The van der Waals surface area contributed by atoms with Crippen molar-refractivity contribution in [2.24, 2.45) is 5.10 Å². The van der Waals surface area contributed by atoms with Gasteiger partial charge >= 0.3 is 5.97 Å². The highest BCUT2D eigenvalue weighted by Gasteiger charge is 2.09. The van der Waals surface area contributed by atoms with E-state index in [2.05, 4.69) is 26.5 Å². The van der Waals surface area contributed by atoms with Crippen molar-refractivity contribution in [2.75, 3.05) is 25.2 Å². The molecule has 0 aliphatic heterocycles. The number of hydrogen-bond donors (Lipinski definition) is 1. The van der Waals surface area contributed by atoms with Crippen molar-refractivity contribution < 1.29 is 19.0 Å². The van der Waals surface area contributed by atoms with Gasteiger partial charge in [0.15, 0.2) is 18.1 Å². The number of esters is 1. The number of hydrazone groups is 1. The summed E-state index contributed by atoms with van der Waals surface area (Å²) in [7, 11) is 0. The molecule has 7 heteroatoms. The summed E-state index contributed by atoms with van der Waals surface area (Å²) in [4.78, 5) is 11.4. The first-order valence-corrected chi connectivity index (χ1v) is 9.01. The molecule has 2 aromatic rings. The minimum atomic E-state index is -0.418. The lowest BCUT2D eigenvalue weighted by Crippen LogP contribution is -2.15. The van der Waals surface area contributed by atoms with Gasteiger partial charge in [-0.05, 0) is 55.8 Å². The van der Waals surface area contributed by atoms with Crippen molar-refractivity contribution in [1.82, 2.24) is 0 Å². The molecule has 0 aliphatic rings. The molecule has 0 aromatic heterocycles. The normalized spacial score (nSPS) is 10.6. The lowest BCUT2D eigenvalue weighted by Gasteiger charge is -2.12. The van der Waals surface area contributed by atoms with Gasteiger partial charge in [0.25, 0.3) is 0 Å². The number of carbonyl (C=O) groups is 1. The molecule has 0 saturated carbocycles. The SMILES string of the molecule is CCOC(=O)COc1ccc(/C=N/Nc2cccc(Br)c2)cc1OCC. The fourth-order valence-electron chi connectivity index (χ4n) is 2.07. The van der Waals surface area contributed by atoms with Crippen molar-refractivity contribution in [2.45, 2.75) is 13.8 Å². The summed E-state index contributed by atoms with van der Waals surface area (Å²) in [5.41, 5.74) is 4.66. The highest BCUT2D eigenvalue weighted by Crippen LogP contribution is 2.28.